The van der Waals surface area contributed by atoms with Crippen molar-refractivity contribution in [1.29, 1.82) is 5.41 Å². The Balaban J connectivity index is 2.34. The fourth-order valence-corrected chi connectivity index (χ4v) is 2.24. The normalized spacial score (nSPS) is 10.8. The largest absolute Gasteiger partial charge is 0.462 e. The quantitative estimate of drug-likeness (QED) is 0.249. The van der Waals surface area contributed by atoms with Crippen LogP contribution < -0.4 is 4.57 Å². The number of esters is 2. The van der Waals surface area contributed by atoms with E-state index in [2.05, 4.69) is 5.10 Å². The second-order valence-electron chi connectivity index (χ2n) is 5.35. The van der Waals surface area contributed by atoms with E-state index in [0.717, 1.165) is 5.56 Å². The van der Waals surface area contributed by atoms with Gasteiger partial charge in [-0.1, -0.05) is 30.3 Å². The maximum absolute atomic E-state index is 12.3. The number of rotatable bonds is 8. The summed E-state index contributed by atoms with van der Waals surface area (Å²) in [6.45, 7) is 4.15. The molecule has 0 unspecified atom stereocenters. The number of nitrogens with one attached hydrogen (secondary N) is 1. The third-order valence-corrected chi connectivity index (χ3v) is 3.44. The molecule has 0 amide bonds. The van der Waals surface area contributed by atoms with Crippen molar-refractivity contribution in [3.05, 3.63) is 60.2 Å². The lowest BCUT2D eigenvalue weighted by molar-refractivity contribution is -0.579. The van der Waals surface area contributed by atoms with Crippen LogP contribution in [0.1, 0.15) is 19.4 Å². The topological polar surface area (TPSA) is 98.2 Å². The van der Waals surface area contributed by atoms with Gasteiger partial charge >= 0.3 is 11.9 Å². The van der Waals surface area contributed by atoms with Crippen molar-refractivity contribution in [2.75, 3.05) is 13.2 Å². The highest BCUT2D eigenvalue weighted by atomic mass is 16.5. The highest BCUT2D eigenvalue weighted by Gasteiger charge is 2.22. The molecule has 0 aliphatic heterocycles. The minimum Gasteiger partial charge on any atom is -0.462 e. The van der Waals surface area contributed by atoms with Crippen LogP contribution in [0.3, 0.4) is 0 Å². The molecule has 1 N–H and O–H groups in total. The van der Waals surface area contributed by atoms with Gasteiger partial charge in [0.05, 0.1) is 13.2 Å². The van der Waals surface area contributed by atoms with Gasteiger partial charge in [-0.25, -0.2) is 9.59 Å². The Labute approximate surface area is 156 Å². The van der Waals surface area contributed by atoms with Crippen LogP contribution in [0.2, 0.25) is 0 Å². The SMILES string of the molecule is CCOC(=O)C(=C=N)/C=C(\C(=O)OCC)[n+]1cnn(Cc2ccccc2)c1. The summed E-state index contributed by atoms with van der Waals surface area (Å²) in [7, 11) is 0. The molecule has 0 atom stereocenters. The Kier molecular flexibility index (Phi) is 7.22. The van der Waals surface area contributed by atoms with E-state index in [4.69, 9.17) is 14.9 Å². The van der Waals surface area contributed by atoms with Gasteiger partial charge in [0.25, 0.3) is 6.33 Å². The monoisotopic (exact) mass is 369 g/mol. The number of benzene rings is 1. The molecule has 0 spiro atoms. The number of hydrogen-bond donors (Lipinski definition) is 1. The van der Waals surface area contributed by atoms with E-state index in [0.29, 0.717) is 6.54 Å². The van der Waals surface area contributed by atoms with Gasteiger partial charge < -0.3 is 9.47 Å². The molecule has 0 fully saturated rings. The second kappa shape index (κ2) is 9.84. The highest BCUT2D eigenvalue weighted by molar-refractivity contribution is 6.11. The van der Waals surface area contributed by atoms with E-state index in [1.54, 1.807) is 24.9 Å². The molecule has 1 aromatic carbocycles. The van der Waals surface area contributed by atoms with E-state index in [-0.39, 0.29) is 24.5 Å². The molecule has 2 rings (SSSR count). The van der Waals surface area contributed by atoms with Crippen LogP contribution >= 0.6 is 0 Å². The zero-order chi connectivity index (χ0) is 19.6. The number of aromatic nitrogens is 3. The lowest BCUT2D eigenvalue weighted by Crippen LogP contribution is -2.35. The maximum Gasteiger partial charge on any atom is 0.370 e. The van der Waals surface area contributed by atoms with E-state index in [1.807, 2.05) is 36.2 Å². The lowest BCUT2D eigenvalue weighted by Gasteiger charge is -2.05. The average molecular weight is 369 g/mol. The summed E-state index contributed by atoms with van der Waals surface area (Å²) < 4.78 is 13.0. The first kappa shape index (κ1) is 19.8. The summed E-state index contributed by atoms with van der Waals surface area (Å²) in [6.07, 6.45) is 4.23. The minimum atomic E-state index is -0.744. The van der Waals surface area contributed by atoms with Gasteiger partial charge in [-0.3, -0.25) is 5.41 Å². The average Bonchev–Trinajstić information content (AvgIpc) is 3.11. The number of hydrogen-bond acceptors (Lipinski definition) is 6. The Morgan fingerprint density at radius 2 is 1.85 bits per heavy atom. The molecule has 27 heavy (non-hydrogen) atoms. The van der Waals surface area contributed by atoms with Gasteiger partial charge in [-0.15, -0.1) is 4.68 Å². The lowest BCUT2D eigenvalue weighted by atomic mass is 10.2. The number of ether oxygens (including phenoxy) is 2. The molecular formula is C19H21N4O4+. The van der Waals surface area contributed by atoms with E-state index >= 15 is 0 Å². The first-order valence-electron chi connectivity index (χ1n) is 8.42. The molecule has 0 aliphatic rings. The van der Waals surface area contributed by atoms with Crippen LogP contribution in [-0.2, 0) is 25.6 Å². The van der Waals surface area contributed by atoms with Crippen molar-refractivity contribution < 1.29 is 23.6 Å². The Bertz CT molecular complexity index is 880. The van der Waals surface area contributed by atoms with Crippen LogP contribution in [0.25, 0.3) is 5.70 Å². The van der Waals surface area contributed by atoms with Gasteiger partial charge in [-0.2, -0.15) is 4.57 Å². The molecule has 0 aliphatic carbocycles. The first-order chi connectivity index (χ1) is 13.1. The summed E-state index contributed by atoms with van der Waals surface area (Å²) in [5.74, 6) is 0.600. The zero-order valence-corrected chi connectivity index (χ0v) is 15.2. The van der Waals surface area contributed by atoms with Crippen LogP contribution in [0.5, 0.6) is 0 Å². The summed E-state index contributed by atoms with van der Waals surface area (Å²) >= 11 is 0. The molecule has 8 heteroatoms. The fraction of sp³-hybridized carbons (Fsp3) is 0.263. The molecule has 8 nitrogen and oxygen atoms in total. The van der Waals surface area contributed by atoms with Crippen molar-refractivity contribution in [3.8, 4) is 0 Å². The smallest absolute Gasteiger partial charge is 0.370 e. The Hall–Kier alpha value is -3.51. The van der Waals surface area contributed by atoms with E-state index in [9.17, 15) is 9.59 Å². The van der Waals surface area contributed by atoms with Crippen LogP contribution in [0.4, 0.5) is 0 Å². The van der Waals surface area contributed by atoms with Crippen molar-refractivity contribution in [2.24, 2.45) is 0 Å². The van der Waals surface area contributed by atoms with Crippen molar-refractivity contribution in [2.45, 2.75) is 20.4 Å². The predicted molar refractivity (Wildman–Crippen MR) is 96.7 cm³/mol. The number of nitrogens with zero attached hydrogens (tertiary/aromatic N) is 3. The molecule has 0 bridgehead atoms. The molecule has 0 saturated heterocycles. The molecule has 0 radical (unpaired) electrons. The molecule has 2 aromatic rings. The van der Waals surface area contributed by atoms with Gasteiger partial charge in [0.2, 0.25) is 6.33 Å². The molecular weight excluding hydrogens is 348 g/mol. The number of carbonyl (C=O) groups excluding carboxylic acids is 2. The molecule has 1 heterocycles. The van der Waals surface area contributed by atoms with E-state index < -0.39 is 11.9 Å². The highest BCUT2D eigenvalue weighted by Crippen LogP contribution is 2.06. The van der Waals surface area contributed by atoms with Gasteiger partial charge in [0, 0.05) is 11.2 Å². The van der Waals surface area contributed by atoms with Gasteiger partial charge in [-0.05, 0) is 25.3 Å². The van der Waals surface area contributed by atoms with Crippen molar-refractivity contribution in [1.82, 2.24) is 9.78 Å². The standard InChI is InChI=1S/C19H21N4O4/c1-3-26-18(24)16(11-20)10-17(19(25)27-4-2)22-13-21-23(14-22)12-15-8-6-5-7-9-15/h5-10,13-14,20H,3-4,12H2,1-2H3/q+1/b17-10+. The number of carbonyl (C=O) groups is 2. The third kappa shape index (κ3) is 5.49. The van der Waals surface area contributed by atoms with Gasteiger partial charge in [0.1, 0.15) is 12.1 Å². The van der Waals surface area contributed by atoms with E-state index in [1.165, 1.54) is 17.0 Å². The van der Waals surface area contributed by atoms with Crippen LogP contribution in [-0.4, -0.2) is 40.8 Å². The third-order valence-electron chi connectivity index (χ3n) is 3.44. The summed E-state index contributed by atoms with van der Waals surface area (Å²) in [5, 5.41) is 11.5. The molecule has 0 saturated carbocycles. The fourth-order valence-electron chi connectivity index (χ4n) is 2.24. The van der Waals surface area contributed by atoms with Crippen LogP contribution in [0.15, 0.2) is 54.6 Å². The maximum atomic E-state index is 12.3. The summed E-state index contributed by atoms with van der Waals surface area (Å²) in [4.78, 5) is 24.2. The second-order valence-corrected chi connectivity index (χ2v) is 5.35. The zero-order valence-electron chi connectivity index (χ0n) is 15.2. The Morgan fingerprint density at radius 1 is 1.19 bits per heavy atom. The van der Waals surface area contributed by atoms with Crippen molar-refractivity contribution in [3.63, 3.8) is 0 Å². The predicted octanol–water partition coefficient (Wildman–Crippen LogP) is 1.36. The summed E-state index contributed by atoms with van der Waals surface area (Å²) in [6, 6.07) is 9.71. The first-order valence-corrected chi connectivity index (χ1v) is 8.42. The van der Waals surface area contributed by atoms with Gasteiger partial charge in [0.15, 0.2) is 5.70 Å². The summed E-state index contributed by atoms with van der Waals surface area (Å²) in [5.41, 5.74) is 0.878. The minimum absolute atomic E-state index is 0.0268. The molecule has 1 aromatic heterocycles. The van der Waals surface area contributed by atoms with Crippen LogP contribution in [0, 0.1) is 5.41 Å². The van der Waals surface area contributed by atoms with Crippen molar-refractivity contribution >= 4 is 23.5 Å². The Morgan fingerprint density at radius 3 is 2.48 bits per heavy atom. The molecule has 140 valence electrons.